The highest BCUT2D eigenvalue weighted by atomic mass is 32.2. The van der Waals surface area contributed by atoms with Gasteiger partial charge in [0.05, 0.1) is 28.8 Å². The monoisotopic (exact) mass is 299 g/mol. The summed E-state index contributed by atoms with van der Waals surface area (Å²) in [5, 5.41) is 10.5. The Morgan fingerprint density at radius 1 is 1.38 bits per heavy atom. The standard InChI is InChI=1S/C15H13N3O2S/c1-10-8-18(15(17-10)21-9-14(19)20)12-6-11-4-2-3-5-13(11)16-7-12/h2-8H,9H2,1H3,(H,19,20). The first-order chi connectivity index (χ1) is 10.1. The number of fused-ring (bicyclic) bond motifs is 1. The lowest BCUT2D eigenvalue weighted by Gasteiger charge is -2.07. The summed E-state index contributed by atoms with van der Waals surface area (Å²) < 4.78 is 1.88. The van der Waals surface area contributed by atoms with E-state index in [0.717, 1.165) is 22.3 Å². The van der Waals surface area contributed by atoms with Crippen LogP contribution in [0.1, 0.15) is 5.69 Å². The quantitative estimate of drug-likeness (QED) is 0.750. The van der Waals surface area contributed by atoms with Gasteiger partial charge < -0.3 is 5.11 Å². The molecule has 5 nitrogen and oxygen atoms in total. The van der Waals surface area contributed by atoms with Crippen molar-refractivity contribution in [3.63, 3.8) is 0 Å². The van der Waals surface area contributed by atoms with Crippen molar-refractivity contribution in [2.75, 3.05) is 5.75 Å². The zero-order chi connectivity index (χ0) is 14.8. The van der Waals surface area contributed by atoms with Gasteiger partial charge in [0.1, 0.15) is 0 Å². The molecule has 3 rings (SSSR count). The summed E-state index contributed by atoms with van der Waals surface area (Å²) in [6, 6.07) is 9.89. The lowest BCUT2D eigenvalue weighted by Crippen LogP contribution is -2.01. The summed E-state index contributed by atoms with van der Waals surface area (Å²) in [5.74, 6) is -0.874. The molecule has 0 atom stereocenters. The van der Waals surface area contributed by atoms with Crippen LogP contribution in [0.15, 0.2) is 47.9 Å². The minimum absolute atomic E-state index is 0.0164. The predicted octanol–water partition coefficient (Wildman–Crippen LogP) is 2.91. The number of rotatable bonds is 4. The Hall–Kier alpha value is -2.34. The van der Waals surface area contributed by atoms with Crippen LogP contribution in [-0.2, 0) is 4.79 Å². The van der Waals surface area contributed by atoms with E-state index in [9.17, 15) is 4.79 Å². The van der Waals surface area contributed by atoms with Crippen LogP contribution >= 0.6 is 11.8 Å². The Morgan fingerprint density at radius 3 is 3.00 bits per heavy atom. The molecule has 0 bridgehead atoms. The van der Waals surface area contributed by atoms with Crippen molar-refractivity contribution in [1.29, 1.82) is 0 Å². The first-order valence-electron chi connectivity index (χ1n) is 6.39. The number of nitrogens with zero attached hydrogens (tertiary/aromatic N) is 3. The zero-order valence-corrected chi connectivity index (χ0v) is 12.2. The number of hydrogen-bond donors (Lipinski definition) is 1. The van der Waals surface area contributed by atoms with Crippen LogP contribution in [0.5, 0.6) is 0 Å². The van der Waals surface area contributed by atoms with Gasteiger partial charge in [0.2, 0.25) is 0 Å². The molecule has 0 aliphatic rings. The van der Waals surface area contributed by atoms with Gasteiger partial charge in [-0.25, -0.2) is 4.98 Å². The van der Waals surface area contributed by atoms with E-state index in [-0.39, 0.29) is 5.75 Å². The molecule has 2 heterocycles. The van der Waals surface area contributed by atoms with Crippen molar-refractivity contribution < 1.29 is 9.90 Å². The largest absolute Gasteiger partial charge is 0.481 e. The molecule has 106 valence electrons. The lowest BCUT2D eigenvalue weighted by molar-refractivity contribution is -0.133. The normalized spacial score (nSPS) is 10.9. The highest BCUT2D eigenvalue weighted by Gasteiger charge is 2.11. The van der Waals surface area contributed by atoms with E-state index >= 15 is 0 Å². The smallest absolute Gasteiger partial charge is 0.313 e. The number of para-hydroxylation sites is 1. The molecule has 2 aromatic heterocycles. The van der Waals surface area contributed by atoms with Crippen LogP contribution in [0, 0.1) is 6.92 Å². The number of hydrogen-bond acceptors (Lipinski definition) is 4. The molecule has 0 amide bonds. The molecule has 0 radical (unpaired) electrons. The topological polar surface area (TPSA) is 68.0 Å². The Balaban J connectivity index is 2.03. The van der Waals surface area contributed by atoms with Gasteiger partial charge in [-0.05, 0) is 19.1 Å². The number of thioether (sulfide) groups is 1. The molecule has 0 spiro atoms. The van der Waals surface area contributed by atoms with Crippen LogP contribution < -0.4 is 0 Å². The zero-order valence-electron chi connectivity index (χ0n) is 11.4. The Kier molecular flexibility index (Phi) is 3.62. The summed E-state index contributed by atoms with van der Waals surface area (Å²) >= 11 is 1.20. The average molecular weight is 299 g/mol. The van der Waals surface area contributed by atoms with Crippen molar-refractivity contribution in [1.82, 2.24) is 14.5 Å². The second-order valence-electron chi connectivity index (χ2n) is 4.60. The third kappa shape index (κ3) is 2.90. The molecule has 0 aliphatic carbocycles. The molecule has 21 heavy (non-hydrogen) atoms. The molecule has 0 saturated heterocycles. The molecule has 0 saturated carbocycles. The number of aromatic nitrogens is 3. The lowest BCUT2D eigenvalue weighted by atomic mass is 10.2. The number of aryl methyl sites for hydroxylation is 1. The van der Waals surface area contributed by atoms with Crippen LogP contribution in [0.2, 0.25) is 0 Å². The number of carboxylic acids is 1. The highest BCUT2D eigenvalue weighted by Crippen LogP contribution is 2.23. The summed E-state index contributed by atoms with van der Waals surface area (Å²) in [4.78, 5) is 19.5. The van der Waals surface area contributed by atoms with Crippen molar-refractivity contribution in [3.05, 3.63) is 48.4 Å². The van der Waals surface area contributed by atoms with Gasteiger partial charge in [0.25, 0.3) is 0 Å². The molecule has 1 N–H and O–H groups in total. The van der Waals surface area contributed by atoms with Crippen molar-refractivity contribution in [3.8, 4) is 5.69 Å². The van der Waals surface area contributed by atoms with Gasteiger partial charge in [-0.2, -0.15) is 0 Å². The molecule has 0 aliphatic heterocycles. The van der Waals surface area contributed by atoms with Crippen molar-refractivity contribution >= 4 is 28.6 Å². The van der Waals surface area contributed by atoms with E-state index in [0.29, 0.717) is 5.16 Å². The Labute approximate surface area is 125 Å². The van der Waals surface area contributed by atoms with Crippen molar-refractivity contribution in [2.45, 2.75) is 12.1 Å². The Morgan fingerprint density at radius 2 is 2.19 bits per heavy atom. The predicted molar refractivity (Wildman–Crippen MR) is 82.0 cm³/mol. The Bertz CT molecular complexity index is 814. The maximum absolute atomic E-state index is 10.7. The molecule has 1 aromatic carbocycles. The number of carbonyl (C=O) groups is 1. The van der Waals surface area contributed by atoms with Gasteiger partial charge in [-0.1, -0.05) is 30.0 Å². The van der Waals surface area contributed by atoms with Gasteiger partial charge in [0.15, 0.2) is 5.16 Å². The maximum Gasteiger partial charge on any atom is 0.313 e. The molecule has 6 heteroatoms. The van der Waals surface area contributed by atoms with Crippen molar-refractivity contribution in [2.24, 2.45) is 0 Å². The fourth-order valence-corrected chi connectivity index (χ4v) is 2.84. The molecule has 3 aromatic rings. The molecule has 0 fully saturated rings. The first kappa shape index (κ1) is 13.6. The van der Waals surface area contributed by atoms with Crippen LogP contribution in [0.3, 0.4) is 0 Å². The third-order valence-corrected chi connectivity index (χ3v) is 3.91. The summed E-state index contributed by atoms with van der Waals surface area (Å²) in [6.45, 7) is 1.88. The number of aliphatic carboxylic acids is 1. The molecular formula is C15H13N3O2S. The van der Waals surface area contributed by atoms with E-state index in [2.05, 4.69) is 9.97 Å². The second kappa shape index (κ2) is 5.57. The second-order valence-corrected chi connectivity index (χ2v) is 5.55. The minimum atomic E-state index is -0.858. The summed E-state index contributed by atoms with van der Waals surface area (Å²) in [6.07, 6.45) is 3.66. The van der Waals surface area contributed by atoms with E-state index in [4.69, 9.17) is 5.11 Å². The number of pyridine rings is 1. The van der Waals surface area contributed by atoms with E-state index in [1.54, 1.807) is 6.20 Å². The minimum Gasteiger partial charge on any atom is -0.481 e. The van der Waals surface area contributed by atoms with Crippen LogP contribution in [0.25, 0.3) is 16.6 Å². The molecule has 0 unspecified atom stereocenters. The summed E-state index contributed by atoms with van der Waals surface area (Å²) in [7, 11) is 0. The number of carboxylic acid groups (broad SMARTS) is 1. The molecular weight excluding hydrogens is 286 g/mol. The summed E-state index contributed by atoms with van der Waals surface area (Å²) in [5.41, 5.74) is 2.65. The van der Waals surface area contributed by atoms with E-state index < -0.39 is 5.97 Å². The number of benzene rings is 1. The van der Waals surface area contributed by atoms with E-state index in [1.807, 2.05) is 48.0 Å². The van der Waals surface area contributed by atoms with Crippen LogP contribution in [0.4, 0.5) is 0 Å². The first-order valence-corrected chi connectivity index (χ1v) is 7.38. The SMILES string of the molecule is Cc1cn(-c2cnc3ccccc3c2)c(SCC(=O)O)n1. The van der Waals surface area contributed by atoms with Crippen LogP contribution in [-0.4, -0.2) is 31.4 Å². The van der Waals surface area contributed by atoms with Gasteiger partial charge in [0, 0.05) is 11.6 Å². The fourth-order valence-electron chi connectivity index (χ4n) is 2.08. The van der Waals surface area contributed by atoms with Gasteiger partial charge in [-0.3, -0.25) is 14.3 Å². The highest BCUT2D eigenvalue weighted by molar-refractivity contribution is 7.99. The third-order valence-electron chi connectivity index (χ3n) is 2.97. The van der Waals surface area contributed by atoms with Gasteiger partial charge >= 0.3 is 5.97 Å². The van der Waals surface area contributed by atoms with Gasteiger partial charge in [-0.15, -0.1) is 0 Å². The maximum atomic E-state index is 10.7. The number of imidazole rings is 1. The van der Waals surface area contributed by atoms with E-state index in [1.165, 1.54) is 11.8 Å². The fraction of sp³-hybridized carbons (Fsp3) is 0.133. The average Bonchev–Trinajstić information content (AvgIpc) is 2.85.